The van der Waals surface area contributed by atoms with E-state index in [0.717, 1.165) is 22.4 Å². The first-order valence-electron chi connectivity index (χ1n) is 10.2. The number of ether oxygens (including phenoxy) is 1. The van der Waals surface area contributed by atoms with E-state index in [1.54, 1.807) is 12.1 Å². The highest BCUT2D eigenvalue weighted by atomic mass is 16.5. The lowest BCUT2D eigenvalue weighted by molar-refractivity contribution is 0.0950. The standard InChI is InChI=1S/C26H22N4O2/c31-26(30-27-17-7-12-20-8-3-1-4-9-20)25-18-24(28-29-25)22-13-15-23(16-14-22)32-19-21-10-5-2-6-11-21/h1-18H,19H2,(H,28,29)(H,30,31)/b12-7+,27-17-. The summed E-state index contributed by atoms with van der Waals surface area (Å²) in [6, 6.07) is 29.1. The number of hydrogen-bond acceptors (Lipinski definition) is 4. The largest absolute Gasteiger partial charge is 0.489 e. The molecule has 0 saturated heterocycles. The van der Waals surface area contributed by atoms with Gasteiger partial charge in [0, 0.05) is 11.8 Å². The number of nitrogens with one attached hydrogen (secondary N) is 2. The van der Waals surface area contributed by atoms with Gasteiger partial charge in [-0.15, -0.1) is 0 Å². The van der Waals surface area contributed by atoms with Crippen molar-refractivity contribution in [3.8, 4) is 17.0 Å². The van der Waals surface area contributed by atoms with Crippen LogP contribution in [-0.4, -0.2) is 22.3 Å². The number of aromatic amines is 1. The number of rotatable bonds is 8. The van der Waals surface area contributed by atoms with E-state index in [0.29, 0.717) is 18.0 Å². The van der Waals surface area contributed by atoms with E-state index in [1.807, 2.05) is 91.0 Å². The maximum Gasteiger partial charge on any atom is 0.289 e. The molecule has 0 radical (unpaired) electrons. The van der Waals surface area contributed by atoms with E-state index in [9.17, 15) is 4.79 Å². The van der Waals surface area contributed by atoms with Crippen molar-refractivity contribution in [2.45, 2.75) is 6.61 Å². The minimum atomic E-state index is -0.365. The third-order valence-corrected chi connectivity index (χ3v) is 4.64. The number of allylic oxidation sites excluding steroid dienone is 1. The number of carbonyl (C=O) groups is 1. The number of aromatic nitrogens is 2. The van der Waals surface area contributed by atoms with Gasteiger partial charge in [0.05, 0.1) is 5.69 Å². The molecule has 0 fully saturated rings. The molecule has 0 unspecified atom stereocenters. The zero-order valence-electron chi connectivity index (χ0n) is 17.3. The third-order valence-electron chi connectivity index (χ3n) is 4.64. The molecule has 0 aliphatic carbocycles. The number of amides is 1. The average molecular weight is 422 g/mol. The van der Waals surface area contributed by atoms with Crippen LogP contribution in [0.5, 0.6) is 5.75 Å². The maximum atomic E-state index is 12.3. The number of carbonyl (C=O) groups excluding carboxylic acids is 1. The summed E-state index contributed by atoms with van der Waals surface area (Å²) < 4.78 is 5.80. The predicted octanol–water partition coefficient (Wildman–Crippen LogP) is 5.08. The number of hydrogen-bond donors (Lipinski definition) is 2. The van der Waals surface area contributed by atoms with Crippen LogP contribution in [0.25, 0.3) is 17.3 Å². The maximum absolute atomic E-state index is 12.3. The van der Waals surface area contributed by atoms with Crippen LogP contribution in [0.2, 0.25) is 0 Å². The lowest BCUT2D eigenvalue weighted by atomic mass is 10.1. The Kier molecular flexibility index (Phi) is 6.85. The lowest BCUT2D eigenvalue weighted by Gasteiger charge is -2.06. The zero-order valence-corrected chi connectivity index (χ0v) is 17.3. The second kappa shape index (κ2) is 10.5. The summed E-state index contributed by atoms with van der Waals surface area (Å²) in [5.74, 6) is 0.403. The number of nitrogens with zero attached hydrogens (tertiary/aromatic N) is 2. The smallest absolute Gasteiger partial charge is 0.289 e. The highest BCUT2D eigenvalue weighted by Gasteiger charge is 2.10. The van der Waals surface area contributed by atoms with Crippen LogP contribution in [0.3, 0.4) is 0 Å². The summed E-state index contributed by atoms with van der Waals surface area (Å²) in [7, 11) is 0. The SMILES string of the molecule is O=C(N/N=C\C=C\c1ccccc1)c1cc(-c2ccc(OCc3ccccc3)cc2)n[nH]1. The Bertz CT molecular complexity index is 1200. The molecule has 1 amide bonds. The Labute approximate surface area is 186 Å². The fraction of sp³-hybridized carbons (Fsp3) is 0.0385. The first kappa shape index (κ1) is 20.8. The molecule has 1 heterocycles. The van der Waals surface area contributed by atoms with Crippen molar-refractivity contribution in [3.63, 3.8) is 0 Å². The van der Waals surface area contributed by atoms with Gasteiger partial charge in [-0.05, 0) is 47.5 Å². The van der Waals surface area contributed by atoms with Gasteiger partial charge in [0.2, 0.25) is 0 Å². The van der Waals surface area contributed by atoms with E-state index in [4.69, 9.17) is 4.74 Å². The summed E-state index contributed by atoms with van der Waals surface area (Å²) in [5.41, 5.74) is 6.51. The normalized spacial score (nSPS) is 11.1. The fourth-order valence-electron chi connectivity index (χ4n) is 2.97. The van der Waals surface area contributed by atoms with E-state index < -0.39 is 0 Å². The van der Waals surface area contributed by atoms with Crippen LogP contribution in [0.1, 0.15) is 21.6 Å². The van der Waals surface area contributed by atoms with Crippen LogP contribution < -0.4 is 10.2 Å². The molecule has 0 bridgehead atoms. The summed E-state index contributed by atoms with van der Waals surface area (Å²) in [4.78, 5) is 12.3. The van der Waals surface area contributed by atoms with Crippen molar-refractivity contribution < 1.29 is 9.53 Å². The molecule has 0 aliphatic rings. The van der Waals surface area contributed by atoms with Gasteiger partial charge in [0.25, 0.3) is 5.91 Å². The molecule has 4 rings (SSSR count). The second-order valence-corrected chi connectivity index (χ2v) is 6.95. The van der Waals surface area contributed by atoms with E-state index in [-0.39, 0.29) is 5.91 Å². The Morgan fingerprint density at radius 2 is 1.69 bits per heavy atom. The molecule has 6 nitrogen and oxygen atoms in total. The topological polar surface area (TPSA) is 79.4 Å². The van der Waals surface area contributed by atoms with Gasteiger partial charge < -0.3 is 4.74 Å². The molecule has 32 heavy (non-hydrogen) atoms. The molecule has 0 spiro atoms. The minimum Gasteiger partial charge on any atom is -0.489 e. The van der Waals surface area contributed by atoms with Crippen LogP contribution in [0, 0.1) is 0 Å². The lowest BCUT2D eigenvalue weighted by Crippen LogP contribution is -2.17. The summed E-state index contributed by atoms with van der Waals surface area (Å²) in [6.45, 7) is 0.508. The Morgan fingerprint density at radius 3 is 2.44 bits per heavy atom. The first-order valence-corrected chi connectivity index (χ1v) is 10.2. The van der Waals surface area contributed by atoms with Crippen LogP contribution >= 0.6 is 0 Å². The van der Waals surface area contributed by atoms with Crippen LogP contribution in [0.4, 0.5) is 0 Å². The first-order chi connectivity index (χ1) is 15.8. The van der Waals surface area contributed by atoms with Crippen LogP contribution in [0.15, 0.2) is 102 Å². The monoisotopic (exact) mass is 422 g/mol. The molecular formula is C26H22N4O2. The van der Waals surface area contributed by atoms with Gasteiger partial charge in [0.1, 0.15) is 18.1 Å². The van der Waals surface area contributed by atoms with Gasteiger partial charge >= 0.3 is 0 Å². The minimum absolute atomic E-state index is 0.327. The zero-order chi connectivity index (χ0) is 22.0. The van der Waals surface area contributed by atoms with Gasteiger partial charge in [-0.1, -0.05) is 66.7 Å². The summed E-state index contributed by atoms with van der Waals surface area (Å²) in [5, 5.41) is 10.9. The highest BCUT2D eigenvalue weighted by molar-refractivity contribution is 5.94. The van der Waals surface area contributed by atoms with E-state index in [2.05, 4.69) is 20.7 Å². The van der Waals surface area contributed by atoms with Crippen LogP contribution in [-0.2, 0) is 6.61 Å². The summed E-state index contributed by atoms with van der Waals surface area (Å²) in [6.07, 6.45) is 5.18. The number of benzene rings is 3. The molecule has 1 aromatic heterocycles. The molecule has 2 N–H and O–H groups in total. The Morgan fingerprint density at radius 1 is 0.969 bits per heavy atom. The summed E-state index contributed by atoms with van der Waals surface area (Å²) >= 11 is 0. The van der Waals surface area contributed by atoms with Crippen molar-refractivity contribution in [2.75, 3.05) is 0 Å². The molecule has 158 valence electrons. The van der Waals surface area contributed by atoms with Crippen molar-refractivity contribution in [2.24, 2.45) is 5.10 Å². The molecule has 0 aliphatic heterocycles. The van der Waals surface area contributed by atoms with Crippen molar-refractivity contribution >= 4 is 18.2 Å². The average Bonchev–Trinajstić information content (AvgIpc) is 3.35. The fourth-order valence-corrected chi connectivity index (χ4v) is 2.97. The molecule has 6 heteroatoms. The molecule has 3 aromatic carbocycles. The van der Waals surface area contributed by atoms with E-state index in [1.165, 1.54) is 6.21 Å². The number of hydrazone groups is 1. The van der Waals surface area contributed by atoms with Gasteiger partial charge in [-0.2, -0.15) is 10.2 Å². The Hall–Kier alpha value is -4.45. The van der Waals surface area contributed by atoms with Crippen molar-refractivity contribution in [1.82, 2.24) is 15.6 Å². The van der Waals surface area contributed by atoms with Gasteiger partial charge in [-0.3, -0.25) is 9.89 Å². The molecule has 0 saturated carbocycles. The van der Waals surface area contributed by atoms with Gasteiger partial charge in [0.15, 0.2) is 0 Å². The Balaban J connectivity index is 1.30. The van der Waals surface area contributed by atoms with Crippen molar-refractivity contribution in [1.29, 1.82) is 0 Å². The number of H-pyrrole nitrogens is 1. The third kappa shape index (κ3) is 5.79. The van der Waals surface area contributed by atoms with Crippen molar-refractivity contribution in [3.05, 3.63) is 114 Å². The highest BCUT2D eigenvalue weighted by Crippen LogP contribution is 2.22. The molecular weight excluding hydrogens is 400 g/mol. The van der Waals surface area contributed by atoms with Gasteiger partial charge in [-0.25, -0.2) is 5.43 Å². The predicted molar refractivity (Wildman–Crippen MR) is 126 cm³/mol. The quantitative estimate of drug-likeness (QED) is 0.307. The second-order valence-electron chi connectivity index (χ2n) is 6.95. The molecule has 4 aromatic rings. The molecule has 0 atom stereocenters. The van der Waals surface area contributed by atoms with E-state index >= 15 is 0 Å².